The maximum Gasteiger partial charge on any atom is 0.123 e. The fourth-order valence-electron chi connectivity index (χ4n) is 2.72. The summed E-state index contributed by atoms with van der Waals surface area (Å²) >= 11 is 0. The molecule has 0 aromatic heterocycles. The van der Waals surface area contributed by atoms with Crippen LogP contribution in [-0.4, -0.2) is 13.2 Å². The van der Waals surface area contributed by atoms with Gasteiger partial charge in [-0.3, -0.25) is 0 Å². The van der Waals surface area contributed by atoms with E-state index >= 15 is 0 Å². The van der Waals surface area contributed by atoms with Gasteiger partial charge in [0, 0.05) is 5.56 Å². The summed E-state index contributed by atoms with van der Waals surface area (Å²) < 4.78 is 6.05. The Hall–Kier alpha value is -1.54. The summed E-state index contributed by atoms with van der Waals surface area (Å²) in [5, 5.41) is 2.54. The van der Waals surface area contributed by atoms with E-state index < -0.39 is 0 Å². The van der Waals surface area contributed by atoms with Gasteiger partial charge in [0.05, 0.1) is 6.61 Å². The maximum atomic E-state index is 6.05. The van der Waals surface area contributed by atoms with Crippen LogP contribution < -0.4 is 10.5 Å². The van der Waals surface area contributed by atoms with E-state index in [0.717, 1.165) is 24.7 Å². The summed E-state index contributed by atoms with van der Waals surface area (Å²) in [6.07, 6.45) is 4.88. The van der Waals surface area contributed by atoms with Crippen molar-refractivity contribution in [2.75, 3.05) is 13.2 Å². The van der Waals surface area contributed by atoms with E-state index in [-0.39, 0.29) is 0 Å². The third-order valence-corrected chi connectivity index (χ3v) is 4.09. The molecule has 1 fully saturated rings. The van der Waals surface area contributed by atoms with Gasteiger partial charge in [-0.1, -0.05) is 36.8 Å². The van der Waals surface area contributed by atoms with E-state index in [4.69, 9.17) is 10.5 Å². The smallest absolute Gasteiger partial charge is 0.123 e. The predicted octanol–water partition coefficient (Wildman–Crippen LogP) is 3.52. The van der Waals surface area contributed by atoms with Crippen molar-refractivity contribution < 1.29 is 4.74 Å². The Bertz CT molecular complexity index is 560. The number of hydrogen-bond donors (Lipinski definition) is 1. The van der Waals surface area contributed by atoms with Crippen molar-refractivity contribution in [2.24, 2.45) is 11.7 Å². The molecule has 0 heterocycles. The Morgan fingerprint density at radius 1 is 1.11 bits per heavy atom. The first-order chi connectivity index (χ1) is 9.38. The average molecular weight is 255 g/mol. The van der Waals surface area contributed by atoms with Gasteiger partial charge in [-0.2, -0.15) is 0 Å². The van der Waals surface area contributed by atoms with E-state index in [0.29, 0.717) is 6.54 Å². The van der Waals surface area contributed by atoms with Gasteiger partial charge in [0.1, 0.15) is 5.75 Å². The van der Waals surface area contributed by atoms with Crippen molar-refractivity contribution in [3.05, 3.63) is 42.0 Å². The van der Waals surface area contributed by atoms with Crippen LogP contribution in [0.1, 0.15) is 24.8 Å². The molecule has 0 spiro atoms. The molecule has 2 N–H and O–H groups in total. The number of hydrogen-bond acceptors (Lipinski definition) is 2. The molecule has 2 heteroatoms. The molecule has 1 saturated carbocycles. The summed E-state index contributed by atoms with van der Waals surface area (Å²) in [7, 11) is 0. The summed E-state index contributed by atoms with van der Waals surface area (Å²) in [6, 6.07) is 12.7. The number of nitrogens with two attached hydrogens (primary N) is 1. The van der Waals surface area contributed by atoms with Crippen LogP contribution in [0.3, 0.4) is 0 Å². The van der Waals surface area contributed by atoms with Crippen LogP contribution in [-0.2, 0) is 6.42 Å². The lowest BCUT2D eigenvalue weighted by Crippen LogP contribution is -2.20. The summed E-state index contributed by atoms with van der Waals surface area (Å²) in [5.74, 6) is 1.79. The zero-order valence-corrected chi connectivity index (χ0v) is 11.3. The first kappa shape index (κ1) is 12.5. The zero-order chi connectivity index (χ0) is 13.1. The standard InChI is InChI=1S/C17H21NO/c18-11-10-16-15-7-2-1-6-14(15)8-9-17(16)19-12-13-4-3-5-13/h1-2,6-9,13H,3-5,10-12,18H2. The minimum absolute atomic E-state index is 0.661. The van der Waals surface area contributed by atoms with Crippen LogP contribution in [0.4, 0.5) is 0 Å². The molecule has 2 nitrogen and oxygen atoms in total. The second kappa shape index (κ2) is 5.62. The molecule has 19 heavy (non-hydrogen) atoms. The monoisotopic (exact) mass is 255 g/mol. The van der Waals surface area contributed by atoms with Crippen molar-refractivity contribution in [1.29, 1.82) is 0 Å². The Kier molecular flexibility index (Phi) is 3.69. The van der Waals surface area contributed by atoms with Gasteiger partial charge in [-0.25, -0.2) is 0 Å². The third-order valence-electron chi connectivity index (χ3n) is 4.09. The molecule has 0 unspecified atom stereocenters. The average Bonchev–Trinajstić information content (AvgIpc) is 2.39. The third kappa shape index (κ3) is 2.59. The van der Waals surface area contributed by atoms with Crippen molar-refractivity contribution in [3.8, 4) is 5.75 Å². The predicted molar refractivity (Wildman–Crippen MR) is 79.5 cm³/mol. The fraction of sp³-hybridized carbons (Fsp3) is 0.412. The summed E-state index contributed by atoms with van der Waals surface area (Å²) in [4.78, 5) is 0. The lowest BCUT2D eigenvalue weighted by molar-refractivity contribution is 0.179. The van der Waals surface area contributed by atoms with E-state index in [1.807, 2.05) is 0 Å². The lowest BCUT2D eigenvalue weighted by atomic mass is 9.86. The second-order valence-electron chi connectivity index (χ2n) is 5.41. The molecule has 1 aliphatic rings. The lowest BCUT2D eigenvalue weighted by Gasteiger charge is -2.26. The highest BCUT2D eigenvalue weighted by atomic mass is 16.5. The summed E-state index contributed by atoms with van der Waals surface area (Å²) in [6.45, 7) is 1.52. The highest BCUT2D eigenvalue weighted by Crippen LogP contribution is 2.31. The first-order valence-electron chi connectivity index (χ1n) is 7.22. The molecule has 0 bridgehead atoms. The number of fused-ring (bicyclic) bond motifs is 1. The molecular formula is C17H21NO. The van der Waals surface area contributed by atoms with Crippen LogP contribution in [0.25, 0.3) is 10.8 Å². The molecule has 0 amide bonds. The minimum Gasteiger partial charge on any atom is -0.493 e. The van der Waals surface area contributed by atoms with Crippen molar-refractivity contribution in [1.82, 2.24) is 0 Å². The molecule has 2 aromatic carbocycles. The second-order valence-corrected chi connectivity index (χ2v) is 5.41. The normalized spacial score (nSPS) is 15.4. The van der Waals surface area contributed by atoms with Gasteiger partial charge in [-0.05, 0) is 48.6 Å². The van der Waals surface area contributed by atoms with Crippen molar-refractivity contribution in [3.63, 3.8) is 0 Å². The highest BCUT2D eigenvalue weighted by Gasteiger charge is 2.18. The first-order valence-corrected chi connectivity index (χ1v) is 7.22. The van der Waals surface area contributed by atoms with Gasteiger partial charge < -0.3 is 10.5 Å². The van der Waals surface area contributed by atoms with Gasteiger partial charge in [0.25, 0.3) is 0 Å². The van der Waals surface area contributed by atoms with E-state index in [9.17, 15) is 0 Å². The van der Waals surface area contributed by atoms with Crippen LogP contribution in [0.5, 0.6) is 5.75 Å². The molecule has 0 saturated heterocycles. The molecule has 0 atom stereocenters. The molecule has 3 rings (SSSR count). The van der Waals surface area contributed by atoms with E-state index in [2.05, 4.69) is 36.4 Å². The van der Waals surface area contributed by atoms with Gasteiger partial charge in [-0.15, -0.1) is 0 Å². The van der Waals surface area contributed by atoms with Crippen LogP contribution in [0.15, 0.2) is 36.4 Å². The minimum atomic E-state index is 0.661. The van der Waals surface area contributed by atoms with Crippen molar-refractivity contribution in [2.45, 2.75) is 25.7 Å². The largest absolute Gasteiger partial charge is 0.493 e. The number of rotatable bonds is 5. The Morgan fingerprint density at radius 3 is 2.68 bits per heavy atom. The van der Waals surface area contributed by atoms with Crippen LogP contribution in [0, 0.1) is 5.92 Å². The molecule has 2 aromatic rings. The zero-order valence-electron chi connectivity index (χ0n) is 11.3. The maximum absolute atomic E-state index is 6.05. The Balaban J connectivity index is 1.90. The highest BCUT2D eigenvalue weighted by molar-refractivity contribution is 5.87. The van der Waals surface area contributed by atoms with Crippen molar-refractivity contribution >= 4 is 10.8 Å². The topological polar surface area (TPSA) is 35.2 Å². The fourth-order valence-corrected chi connectivity index (χ4v) is 2.72. The molecule has 0 radical (unpaired) electrons. The van der Waals surface area contributed by atoms with Gasteiger partial charge >= 0.3 is 0 Å². The molecule has 1 aliphatic carbocycles. The number of ether oxygens (including phenoxy) is 1. The van der Waals surface area contributed by atoms with Gasteiger partial charge in [0.15, 0.2) is 0 Å². The Labute approximate surface area is 114 Å². The summed E-state index contributed by atoms with van der Waals surface area (Å²) in [5.41, 5.74) is 7.02. The number of benzene rings is 2. The molecule has 100 valence electrons. The van der Waals surface area contributed by atoms with Crippen LogP contribution >= 0.6 is 0 Å². The van der Waals surface area contributed by atoms with E-state index in [1.165, 1.54) is 35.6 Å². The molecule has 0 aliphatic heterocycles. The Morgan fingerprint density at radius 2 is 1.95 bits per heavy atom. The van der Waals surface area contributed by atoms with E-state index in [1.54, 1.807) is 0 Å². The SMILES string of the molecule is NCCc1c(OCC2CCC2)ccc2ccccc12. The van der Waals surface area contributed by atoms with Crippen LogP contribution in [0.2, 0.25) is 0 Å². The quantitative estimate of drug-likeness (QED) is 0.887. The molecular weight excluding hydrogens is 234 g/mol. The van der Waals surface area contributed by atoms with Gasteiger partial charge in [0.2, 0.25) is 0 Å².